The maximum absolute atomic E-state index is 14.1. The van der Waals surface area contributed by atoms with E-state index in [1.54, 1.807) is 12.1 Å². The third-order valence-corrected chi connectivity index (χ3v) is 3.89. The SMILES string of the molecule is COc1ccc(C2(CN)CCC2)c(F)c1Cl. The first-order valence-electron chi connectivity index (χ1n) is 5.37. The Morgan fingerprint density at radius 1 is 1.50 bits per heavy atom. The van der Waals surface area contributed by atoms with Crippen LogP contribution in [0.5, 0.6) is 5.75 Å². The van der Waals surface area contributed by atoms with Crippen LogP contribution in [-0.4, -0.2) is 13.7 Å². The molecule has 0 unspecified atom stereocenters. The Morgan fingerprint density at radius 2 is 2.19 bits per heavy atom. The number of nitrogens with two attached hydrogens (primary N) is 1. The Labute approximate surface area is 99.5 Å². The minimum atomic E-state index is -0.383. The van der Waals surface area contributed by atoms with Gasteiger partial charge in [0, 0.05) is 12.0 Å². The van der Waals surface area contributed by atoms with Gasteiger partial charge in [-0.15, -0.1) is 0 Å². The predicted octanol–water partition coefficient (Wildman–Crippen LogP) is 2.87. The van der Waals surface area contributed by atoms with Crippen LogP contribution < -0.4 is 10.5 Å². The largest absolute Gasteiger partial charge is 0.495 e. The van der Waals surface area contributed by atoms with Crippen LogP contribution >= 0.6 is 11.6 Å². The van der Waals surface area contributed by atoms with Crippen molar-refractivity contribution in [3.8, 4) is 5.75 Å². The van der Waals surface area contributed by atoms with Crippen LogP contribution in [0.1, 0.15) is 24.8 Å². The molecule has 4 heteroatoms. The minimum Gasteiger partial charge on any atom is -0.495 e. The zero-order chi connectivity index (χ0) is 11.8. The second-order valence-corrected chi connectivity index (χ2v) is 4.66. The fraction of sp³-hybridized carbons (Fsp3) is 0.500. The van der Waals surface area contributed by atoms with E-state index < -0.39 is 0 Å². The topological polar surface area (TPSA) is 35.2 Å². The van der Waals surface area contributed by atoms with Gasteiger partial charge in [-0.2, -0.15) is 0 Å². The van der Waals surface area contributed by atoms with E-state index in [1.807, 2.05) is 0 Å². The zero-order valence-corrected chi connectivity index (χ0v) is 9.98. The maximum atomic E-state index is 14.1. The molecule has 88 valence electrons. The number of hydrogen-bond donors (Lipinski definition) is 1. The van der Waals surface area contributed by atoms with Gasteiger partial charge < -0.3 is 10.5 Å². The van der Waals surface area contributed by atoms with Crippen molar-refractivity contribution < 1.29 is 9.13 Å². The molecule has 0 aliphatic heterocycles. The summed E-state index contributed by atoms with van der Waals surface area (Å²) in [5.41, 5.74) is 6.17. The van der Waals surface area contributed by atoms with Gasteiger partial charge in [-0.3, -0.25) is 0 Å². The fourth-order valence-electron chi connectivity index (χ4n) is 2.29. The van der Waals surface area contributed by atoms with Crippen molar-refractivity contribution >= 4 is 11.6 Å². The molecule has 2 rings (SSSR count). The number of methoxy groups -OCH3 is 1. The lowest BCUT2D eigenvalue weighted by atomic mass is 9.64. The molecule has 16 heavy (non-hydrogen) atoms. The molecule has 1 saturated carbocycles. The monoisotopic (exact) mass is 243 g/mol. The Bertz CT molecular complexity index is 399. The van der Waals surface area contributed by atoms with Crippen molar-refractivity contribution in [2.75, 3.05) is 13.7 Å². The molecular formula is C12H15ClFNO. The lowest BCUT2D eigenvalue weighted by Crippen LogP contribution is -2.42. The molecule has 0 heterocycles. The first-order valence-corrected chi connectivity index (χ1v) is 5.75. The van der Waals surface area contributed by atoms with E-state index in [0.29, 0.717) is 17.9 Å². The quantitative estimate of drug-likeness (QED) is 0.886. The highest BCUT2D eigenvalue weighted by Crippen LogP contribution is 2.46. The van der Waals surface area contributed by atoms with E-state index in [9.17, 15) is 4.39 Å². The highest BCUT2D eigenvalue weighted by Gasteiger charge is 2.40. The lowest BCUT2D eigenvalue weighted by molar-refractivity contribution is 0.244. The van der Waals surface area contributed by atoms with E-state index >= 15 is 0 Å². The van der Waals surface area contributed by atoms with Crippen LogP contribution in [0, 0.1) is 5.82 Å². The van der Waals surface area contributed by atoms with Gasteiger partial charge in [0.25, 0.3) is 0 Å². The first kappa shape index (κ1) is 11.7. The summed E-state index contributed by atoms with van der Waals surface area (Å²) in [6, 6.07) is 3.45. The van der Waals surface area contributed by atoms with Crippen molar-refractivity contribution in [3.05, 3.63) is 28.5 Å². The Balaban J connectivity index is 2.46. The van der Waals surface area contributed by atoms with E-state index in [2.05, 4.69) is 0 Å². The summed E-state index contributed by atoms with van der Waals surface area (Å²) in [6.45, 7) is 0.465. The summed E-state index contributed by atoms with van der Waals surface area (Å²) in [5.74, 6) is -0.0134. The average Bonchev–Trinajstić information content (AvgIpc) is 2.23. The highest BCUT2D eigenvalue weighted by atomic mass is 35.5. The predicted molar refractivity (Wildman–Crippen MR) is 62.5 cm³/mol. The first-order chi connectivity index (χ1) is 7.64. The molecule has 1 aromatic rings. The molecule has 2 nitrogen and oxygen atoms in total. The molecule has 1 aliphatic rings. The van der Waals surface area contributed by atoms with Gasteiger partial charge in [0.1, 0.15) is 16.6 Å². The van der Waals surface area contributed by atoms with E-state index in [0.717, 1.165) is 19.3 Å². The number of hydrogen-bond acceptors (Lipinski definition) is 2. The van der Waals surface area contributed by atoms with Gasteiger partial charge >= 0.3 is 0 Å². The number of ether oxygens (including phenoxy) is 1. The Morgan fingerprint density at radius 3 is 2.62 bits per heavy atom. The summed E-state index contributed by atoms with van der Waals surface area (Å²) in [7, 11) is 1.47. The zero-order valence-electron chi connectivity index (χ0n) is 9.22. The molecule has 0 atom stereocenters. The fourth-order valence-corrected chi connectivity index (χ4v) is 2.53. The smallest absolute Gasteiger partial charge is 0.149 e. The van der Waals surface area contributed by atoms with Crippen molar-refractivity contribution in [3.63, 3.8) is 0 Å². The molecule has 1 aromatic carbocycles. The molecule has 1 aliphatic carbocycles. The third-order valence-electron chi connectivity index (χ3n) is 3.54. The van der Waals surface area contributed by atoms with Crippen molar-refractivity contribution in [2.24, 2.45) is 5.73 Å². The van der Waals surface area contributed by atoms with Crippen LogP contribution in [0.3, 0.4) is 0 Å². The molecule has 0 aromatic heterocycles. The summed E-state index contributed by atoms with van der Waals surface area (Å²) in [5, 5.41) is 0.0553. The van der Waals surface area contributed by atoms with Gasteiger partial charge in [0.2, 0.25) is 0 Å². The lowest BCUT2D eigenvalue weighted by Gasteiger charge is -2.41. The molecule has 0 amide bonds. The molecule has 0 radical (unpaired) electrons. The number of rotatable bonds is 3. The van der Waals surface area contributed by atoms with E-state index in [-0.39, 0.29) is 16.3 Å². The average molecular weight is 244 g/mol. The molecule has 0 bridgehead atoms. The van der Waals surface area contributed by atoms with E-state index in [1.165, 1.54) is 7.11 Å². The summed E-state index contributed by atoms with van der Waals surface area (Å²) >= 11 is 5.90. The second kappa shape index (κ2) is 4.22. The van der Waals surface area contributed by atoms with Gasteiger partial charge in [-0.05, 0) is 24.5 Å². The number of benzene rings is 1. The Hall–Kier alpha value is -0.800. The molecule has 0 saturated heterocycles. The highest BCUT2D eigenvalue weighted by molar-refractivity contribution is 6.32. The standard InChI is InChI=1S/C12H15ClFNO/c1-16-9-4-3-8(11(14)10(9)13)12(7-15)5-2-6-12/h3-4H,2,5-7,15H2,1H3. The van der Waals surface area contributed by atoms with Gasteiger partial charge in [0.05, 0.1) is 7.11 Å². The van der Waals surface area contributed by atoms with Crippen LogP contribution in [0.15, 0.2) is 12.1 Å². The third kappa shape index (κ3) is 1.59. The van der Waals surface area contributed by atoms with Crippen LogP contribution in [-0.2, 0) is 5.41 Å². The van der Waals surface area contributed by atoms with Crippen molar-refractivity contribution in [2.45, 2.75) is 24.7 Å². The minimum absolute atomic E-state index is 0.0553. The van der Waals surface area contributed by atoms with Crippen LogP contribution in [0.4, 0.5) is 4.39 Å². The summed E-state index contributed by atoms with van der Waals surface area (Å²) in [6.07, 6.45) is 2.96. The van der Waals surface area contributed by atoms with Gasteiger partial charge in [-0.25, -0.2) is 4.39 Å². The normalized spacial score (nSPS) is 18.0. The number of halogens is 2. The maximum Gasteiger partial charge on any atom is 0.149 e. The Kier molecular flexibility index (Phi) is 3.08. The van der Waals surface area contributed by atoms with Gasteiger partial charge in [0.15, 0.2) is 0 Å². The van der Waals surface area contributed by atoms with Crippen molar-refractivity contribution in [1.82, 2.24) is 0 Å². The summed E-state index contributed by atoms with van der Waals surface area (Å²) < 4.78 is 19.1. The van der Waals surface area contributed by atoms with Crippen molar-refractivity contribution in [1.29, 1.82) is 0 Å². The molecule has 2 N–H and O–H groups in total. The van der Waals surface area contributed by atoms with Crippen LogP contribution in [0.25, 0.3) is 0 Å². The second-order valence-electron chi connectivity index (χ2n) is 4.28. The molecule has 1 fully saturated rings. The molecular weight excluding hydrogens is 229 g/mol. The van der Waals surface area contributed by atoms with Gasteiger partial charge in [-0.1, -0.05) is 24.1 Å². The van der Waals surface area contributed by atoms with Crippen LogP contribution in [0.2, 0.25) is 5.02 Å². The van der Waals surface area contributed by atoms with E-state index in [4.69, 9.17) is 22.1 Å². The summed E-state index contributed by atoms with van der Waals surface area (Å²) in [4.78, 5) is 0. The molecule has 0 spiro atoms.